The van der Waals surface area contributed by atoms with Crippen molar-refractivity contribution >= 4 is 107 Å². The van der Waals surface area contributed by atoms with Gasteiger partial charge in [-0.2, -0.15) is 9.97 Å². The van der Waals surface area contributed by atoms with Crippen molar-refractivity contribution in [1.82, 2.24) is 24.1 Å². The second-order valence-corrected chi connectivity index (χ2v) is 15.8. The summed E-state index contributed by atoms with van der Waals surface area (Å²) in [5, 5.41) is 5.05. The van der Waals surface area contributed by atoms with Gasteiger partial charge in [0.05, 0.1) is 16.7 Å². The molecule has 0 radical (unpaired) electrons. The molecule has 264 valence electrons. The van der Waals surface area contributed by atoms with Crippen LogP contribution >= 0.6 is 0 Å². The van der Waals surface area contributed by atoms with Gasteiger partial charge in [-0.15, -0.1) is 16.4 Å². The first-order valence-electron chi connectivity index (χ1n) is 19.9. The highest BCUT2D eigenvalue weighted by molar-refractivity contribution is 6.68. The SMILES string of the molecule is Bc1c(B)c(B)c(-c2cccc(-c3nc(-c4ccccc4)nc(-n4c5c(c6ccc7c8c(n(-c9ccccc9)c7c64)=CCC(C)C=8)CCC=C5)n3)c2)c(B)c1B. The van der Waals surface area contributed by atoms with Crippen molar-refractivity contribution in [1.29, 1.82) is 0 Å². The quantitative estimate of drug-likeness (QED) is 0.246. The number of aromatic nitrogens is 5. The van der Waals surface area contributed by atoms with E-state index in [1.165, 1.54) is 70.9 Å². The number of benzene rings is 5. The van der Waals surface area contributed by atoms with Crippen LogP contribution in [0, 0.1) is 5.92 Å². The van der Waals surface area contributed by atoms with Crippen LogP contribution in [0.1, 0.15) is 31.0 Å². The smallest absolute Gasteiger partial charge is 0.238 e. The highest BCUT2D eigenvalue weighted by atomic mass is 15.2. The fraction of sp³-hybridized carbons (Fsp3) is 0.109. The summed E-state index contributed by atoms with van der Waals surface area (Å²) in [5.41, 5.74) is 17.0. The third kappa shape index (κ3) is 5.33. The molecule has 3 aromatic heterocycles. The van der Waals surface area contributed by atoms with Gasteiger partial charge in [0.25, 0.3) is 0 Å². The maximum Gasteiger partial charge on any atom is 0.238 e. The number of nitrogens with zero attached hydrogens (tertiary/aromatic N) is 5. The predicted molar refractivity (Wildman–Crippen MR) is 250 cm³/mol. The van der Waals surface area contributed by atoms with E-state index in [1.807, 2.05) is 6.07 Å². The Hall–Kier alpha value is -6.01. The molecule has 5 aromatic carbocycles. The monoisotopic (exact) mass is 717 g/mol. The third-order valence-corrected chi connectivity index (χ3v) is 12.5. The van der Waals surface area contributed by atoms with Gasteiger partial charge >= 0.3 is 0 Å². The Kier molecular flexibility index (Phi) is 8.21. The molecule has 0 bridgehead atoms. The van der Waals surface area contributed by atoms with Gasteiger partial charge in [-0.25, -0.2) is 4.98 Å². The normalized spacial score (nSPS) is 14.7. The topological polar surface area (TPSA) is 48.5 Å². The van der Waals surface area contributed by atoms with Crippen LogP contribution < -0.4 is 37.9 Å². The number of hydrogen-bond acceptors (Lipinski definition) is 3. The van der Waals surface area contributed by atoms with Gasteiger partial charge in [-0.1, -0.05) is 115 Å². The van der Waals surface area contributed by atoms with Crippen LogP contribution in [0.3, 0.4) is 0 Å². The van der Waals surface area contributed by atoms with Crippen molar-refractivity contribution in [3.63, 3.8) is 0 Å². The van der Waals surface area contributed by atoms with E-state index in [1.54, 1.807) is 0 Å². The number of allylic oxidation sites excluding steroid dienone is 1. The fourth-order valence-electron chi connectivity index (χ4n) is 9.26. The molecule has 0 spiro atoms. The molecule has 1 unspecified atom stereocenters. The highest BCUT2D eigenvalue weighted by Crippen LogP contribution is 2.38. The summed E-state index contributed by atoms with van der Waals surface area (Å²) < 4.78 is 4.81. The number of rotatable bonds is 5. The van der Waals surface area contributed by atoms with Gasteiger partial charge in [0.1, 0.15) is 39.2 Å². The summed E-state index contributed by atoms with van der Waals surface area (Å²) in [5.74, 6) is 2.40. The molecule has 3 heterocycles. The second-order valence-electron chi connectivity index (χ2n) is 15.8. The molecule has 2 aliphatic carbocycles. The third-order valence-electron chi connectivity index (χ3n) is 12.5. The predicted octanol–water partition coefficient (Wildman–Crippen LogP) is 0.613. The average molecular weight is 717 g/mol. The Labute approximate surface area is 332 Å². The minimum absolute atomic E-state index is 0.464. The van der Waals surface area contributed by atoms with E-state index in [2.05, 4.69) is 171 Å². The van der Waals surface area contributed by atoms with Crippen LogP contribution in [0.4, 0.5) is 0 Å². The van der Waals surface area contributed by atoms with E-state index < -0.39 is 0 Å². The number of hydrogen-bond donors (Lipinski definition) is 0. The molecule has 0 aliphatic heterocycles. The number of para-hydroxylation sites is 1. The van der Waals surface area contributed by atoms with Gasteiger partial charge in [0, 0.05) is 38.2 Å². The summed E-state index contributed by atoms with van der Waals surface area (Å²) >= 11 is 0. The lowest BCUT2D eigenvalue weighted by Crippen LogP contribution is -2.55. The lowest BCUT2D eigenvalue weighted by atomic mass is 9.59. The van der Waals surface area contributed by atoms with Crippen LogP contribution in [0.25, 0.3) is 85.6 Å². The molecule has 0 saturated heterocycles. The molecule has 56 heavy (non-hydrogen) atoms. The van der Waals surface area contributed by atoms with E-state index in [9.17, 15) is 0 Å². The molecule has 1 atom stereocenters. The van der Waals surface area contributed by atoms with Crippen LogP contribution in [0.5, 0.6) is 0 Å². The van der Waals surface area contributed by atoms with Crippen LogP contribution in [-0.2, 0) is 6.42 Å². The fourth-order valence-corrected chi connectivity index (χ4v) is 9.26. The molecule has 8 aromatic rings. The molecular weight excluding hydrogens is 677 g/mol. The summed E-state index contributed by atoms with van der Waals surface area (Å²) in [6, 6.07) is 34.6. The van der Waals surface area contributed by atoms with E-state index in [0.717, 1.165) is 47.3 Å². The standard InChI is InChI=1S/C46H40B5N5/c1-25-19-22-35-33(23-25)32-21-20-31-30-17-8-9-18-34(30)56(43(31)42(32)55(35)29-15-6-3-7-16-29)46-53-44(26-11-4-2-5-12-26)52-45(54-46)28-14-10-13-27(24-28)36-37(47)39(49)41(51)40(50)38(36)48/h2-7,9-16,18,20-25H,8,17,19,47-51H2,1H3. The summed E-state index contributed by atoms with van der Waals surface area (Å²) in [4.78, 5) is 16.0. The van der Waals surface area contributed by atoms with Crippen LogP contribution in [-0.4, -0.2) is 63.3 Å². The molecule has 0 saturated carbocycles. The van der Waals surface area contributed by atoms with Gasteiger partial charge in [0.15, 0.2) is 11.6 Å². The maximum atomic E-state index is 5.44. The first kappa shape index (κ1) is 34.5. The van der Waals surface area contributed by atoms with Crippen molar-refractivity contribution in [3.05, 3.63) is 125 Å². The van der Waals surface area contributed by atoms with E-state index in [-0.39, 0.29) is 0 Å². The van der Waals surface area contributed by atoms with E-state index in [4.69, 9.17) is 15.0 Å². The molecular formula is C46H40B5N5. The van der Waals surface area contributed by atoms with Gasteiger partial charge in [-0.05, 0) is 66.1 Å². The highest BCUT2D eigenvalue weighted by Gasteiger charge is 2.26. The van der Waals surface area contributed by atoms with Crippen molar-refractivity contribution < 1.29 is 0 Å². The minimum Gasteiger partial charge on any atom is -0.308 e. The summed E-state index contributed by atoms with van der Waals surface area (Å²) in [6.07, 6.45) is 12.4. The number of aryl methyl sites for hydroxylation is 1. The lowest BCUT2D eigenvalue weighted by molar-refractivity contribution is 0.795. The van der Waals surface area contributed by atoms with Crippen molar-refractivity contribution in [3.8, 4) is 45.5 Å². The van der Waals surface area contributed by atoms with E-state index in [0.29, 0.717) is 23.5 Å². The zero-order chi connectivity index (χ0) is 38.2. The van der Waals surface area contributed by atoms with E-state index >= 15 is 0 Å². The second kappa shape index (κ2) is 13.3. The average Bonchev–Trinajstić information content (AvgIpc) is 3.75. The van der Waals surface area contributed by atoms with Crippen molar-refractivity contribution in [2.24, 2.45) is 5.92 Å². The van der Waals surface area contributed by atoms with Gasteiger partial charge in [0.2, 0.25) is 5.95 Å². The Morgan fingerprint density at radius 2 is 1.25 bits per heavy atom. The Balaban J connectivity index is 1.30. The molecule has 10 rings (SSSR count). The Morgan fingerprint density at radius 3 is 2.00 bits per heavy atom. The largest absolute Gasteiger partial charge is 0.308 e. The molecule has 0 fully saturated rings. The maximum absolute atomic E-state index is 5.44. The first-order valence-corrected chi connectivity index (χ1v) is 19.9. The minimum atomic E-state index is 0.464. The van der Waals surface area contributed by atoms with Crippen molar-refractivity contribution in [2.45, 2.75) is 26.2 Å². The molecule has 10 heteroatoms. The van der Waals surface area contributed by atoms with Crippen LogP contribution in [0.2, 0.25) is 0 Å². The summed E-state index contributed by atoms with van der Waals surface area (Å²) in [7, 11) is 11.2. The molecule has 0 N–H and O–H groups in total. The molecule has 2 aliphatic rings. The lowest BCUT2D eigenvalue weighted by Gasteiger charge is -2.21. The molecule has 0 amide bonds. The van der Waals surface area contributed by atoms with Crippen LogP contribution in [0.15, 0.2) is 103 Å². The van der Waals surface area contributed by atoms with Gasteiger partial charge < -0.3 is 4.57 Å². The zero-order valence-corrected chi connectivity index (χ0v) is 33.0. The Morgan fingerprint density at radius 1 is 0.625 bits per heavy atom. The number of fused-ring (bicyclic) bond motifs is 7. The van der Waals surface area contributed by atoms with Crippen molar-refractivity contribution in [2.75, 3.05) is 0 Å². The molecule has 5 nitrogen and oxygen atoms in total. The summed E-state index contributed by atoms with van der Waals surface area (Å²) in [6.45, 7) is 2.31. The Bertz CT molecular complexity index is 3050. The first-order chi connectivity index (χ1) is 27.3. The van der Waals surface area contributed by atoms with Gasteiger partial charge in [-0.3, -0.25) is 4.57 Å². The zero-order valence-electron chi connectivity index (χ0n) is 33.0.